The maximum absolute atomic E-state index is 15.1. The van der Waals surface area contributed by atoms with Gasteiger partial charge in [0.25, 0.3) is 0 Å². The first-order valence-corrected chi connectivity index (χ1v) is 10.0. The topological polar surface area (TPSA) is 88.8 Å². The number of nitrogens with one attached hydrogen (secondary N) is 1. The Bertz CT molecular complexity index is 1110. The molecule has 0 saturated carbocycles. The van der Waals surface area contributed by atoms with E-state index in [2.05, 4.69) is 32.4 Å². The molecule has 0 spiro atoms. The van der Waals surface area contributed by atoms with Crippen LogP contribution in [0.3, 0.4) is 0 Å². The molecule has 7 nitrogen and oxygen atoms in total. The molecule has 2 aromatic heterocycles. The van der Waals surface area contributed by atoms with Gasteiger partial charge in [-0.3, -0.25) is 0 Å². The molecule has 4 heterocycles. The van der Waals surface area contributed by atoms with E-state index in [4.69, 9.17) is 0 Å². The molecule has 2 saturated heterocycles. The van der Waals surface area contributed by atoms with Gasteiger partial charge in [0.2, 0.25) is 0 Å². The molecule has 0 radical (unpaired) electrons. The van der Waals surface area contributed by atoms with Gasteiger partial charge in [0, 0.05) is 24.0 Å². The van der Waals surface area contributed by atoms with Gasteiger partial charge in [0.1, 0.15) is 17.6 Å². The molecule has 0 amide bonds. The summed E-state index contributed by atoms with van der Waals surface area (Å²) in [7, 11) is 0. The Morgan fingerprint density at radius 2 is 2.13 bits per heavy atom. The summed E-state index contributed by atoms with van der Waals surface area (Å²) < 4.78 is 16.9. The van der Waals surface area contributed by atoms with Gasteiger partial charge in [0.05, 0.1) is 29.3 Å². The van der Waals surface area contributed by atoms with E-state index in [9.17, 15) is 5.11 Å². The number of aromatic hydroxyl groups is 1. The Balaban J connectivity index is 1.41. The van der Waals surface area contributed by atoms with E-state index in [1.165, 1.54) is 0 Å². The molecule has 5 rings (SSSR count). The van der Waals surface area contributed by atoms with Gasteiger partial charge in [-0.1, -0.05) is 0 Å². The summed E-state index contributed by atoms with van der Waals surface area (Å²) in [6, 6.07) is 5.20. The second kappa shape index (κ2) is 6.70. The quantitative estimate of drug-likeness (QED) is 0.693. The number of phenols is 1. The number of nitrogens with zero attached hydrogens (tertiary/aromatic N) is 5. The third kappa shape index (κ3) is 3.17. The lowest BCUT2D eigenvalue weighted by Gasteiger charge is -2.41. The first kappa shape index (κ1) is 18.9. The highest BCUT2D eigenvalue weighted by Gasteiger charge is 2.53. The fraction of sp³-hybridized carbons (Fsp3) is 0.364. The molecule has 2 aliphatic rings. The molecule has 3 atom stereocenters. The van der Waals surface area contributed by atoms with Crippen molar-refractivity contribution >= 4 is 6.08 Å². The Morgan fingerprint density at radius 1 is 1.27 bits per heavy atom. The van der Waals surface area contributed by atoms with E-state index in [1.807, 2.05) is 13.0 Å². The molecule has 0 aliphatic carbocycles. The highest BCUT2D eigenvalue weighted by molar-refractivity contribution is 5.66. The zero-order valence-corrected chi connectivity index (χ0v) is 16.9. The van der Waals surface area contributed by atoms with Crippen molar-refractivity contribution in [1.82, 2.24) is 30.0 Å². The van der Waals surface area contributed by atoms with Crippen molar-refractivity contribution in [2.45, 2.75) is 50.4 Å². The van der Waals surface area contributed by atoms with Crippen molar-refractivity contribution in [3.05, 3.63) is 54.4 Å². The summed E-state index contributed by atoms with van der Waals surface area (Å²) in [4.78, 5) is 8.35. The molecule has 8 heteroatoms. The number of fused-ring (bicyclic) bond motifs is 2. The van der Waals surface area contributed by atoms with E-state index in [0.29, 0.717) is 23.5 Å². The van der Waals surface area contributed by atoms with Crippen LogP contribution in [0.5, 0.6) is 5.75 Å². The van der Waals surface area contributed by atoms with E-state index in [0.717, 1.165) is 24.1 Å². The SMILES string of the molecule is C[C@@]12CC[C@@](C)(N1)[C@@H](F)/C(=C\c1cnc(-c3ccc(-n4ccnc4)cc3O)nn1)C2. The third-order valence-electron chi connectivity index (χ3n) is 6.20. The molecule has 1 aromatic carbocycles. The first-order valence-electron chi connectivity index (χ1n) is 10.0. The minimum atomic E-state index is -1.06. The van der Waals surface area contributed by atoms with Crippen molar-refractivity contribution in [2.24, 2.45) is 0 Å². The van der Waals surface area contributed by atoms with Gasteiger partial charge in [-0.15, -0.1) is 10.2 Å². The minimum absolute atomic E-state index is 0.0497. The molecule has 3 aromatic rings. The number of halogens is 1. The van der Waals surface area contributed by atoms with Crippen LogP contribution in [-0.2, 0) is 0 Å². The van der Waals surface area contributed by atoms with Gasteiger partial charge in [-0.25, -0.2) is 14.4 Å². The minimum Gasteiger partial charge on any atom is -0.507 e. The second-order valence-corrected chi connectivity index (χ2v) is 8.74. The van der Waals surface area contributed by atoms with E-state index < -0.39 is 11.7 Å². The van der Waals surface area contributed by atoms with Crippen LogP contribution in [0, 0.1) is 0 Å². The molecule has 0 unspecified atom stereocenters. The smallest absolute Gasteiger partial charge is 0.185 e. The van der Waals surface area contributed by atoms with E-state index in [1.54, 1.807) is 47.7 Å². The van der Waals surface area contributed by atoms with Gasteiger partial charge in [-0.05, 0) is 56.9 Å². The Kier molecular flexibility index (Phi) is 4.21. The summed E-state index contributed by atoms with van der Waals surface area (Å²) in [6.07, 6.45) is 9.80. The molecular formula is C22H23FN6O. The van der Waals surface area contributed by atoms with Gasteiger partial charge >= 0.3 is 0 Å². The number of aromatic nitrogens is 5. The number of phenolic OH excluding ortho intramolecular Hbond substituents is 1. The molecular weight excluding hydrogens is 383 g/mol. The molecule has 30 heavy (non-hydrogen) atoms. The van der Waals surface area contributed by atoms with Crippen molar-refractivity contribution in [2.75, 3.05) is 0 Å². The van der Waals surface area contributed by atoms with Gasteiger partial charge < -0.3 is 15.0 Å². The number of benzene rings is 1. The standard InChI is InChI=1S/C22H23FN6O/c1-21-5-6-22(2,28-21)19(23)14(11-21)9-15-12-25-20(27-26-15)17-4-3-16(10-18(17)30)29-8-7-24-13-29/h3-4,7-10,12-13,19,28,30H,5-6,11H2,1-2H3/b14-9-/t19-,21-,22+/m0/s1. The predicted molar refractivity (Wildman–Crippen MR) is 111 cm³/mol. The largest absolute Gasteiger partial charge is 0.507 e. The van der Waals surface area contributed by atoms with Crippen LogP contribution in [-0.4, -0.2) is 47.1 Å². The number of imidazole rings is 1. The number of piperidine rings is 1. The highest BCUT2D eigenvalue weighted by atomic mass is 19.1. The Hall–Kier alpha value is -3.13. The lowest BCUT2D eigenvalue weighted by molar-refractivity contribution is 0.160. The van der Waals surface area contributed by atoms with Crippen molar-refractivity contribution < 1.29 is 9.50 Å². The second-order valence-electron chi connectivity index (χ2n) is 8.74. The van der Waals surface area contributed by atoms with Crippen LogP contribution >= 0.6 is 0 Å². The summed E-state index contributed by atoms with van der Waals surface area (Å²) in [6.45, 7) is 4.08. The maximum atomic E-state index is 15.1. The van der Waals surface area contributed by atoms with Gasteiger partial charge in [-0.2, -0.15) is 0 Å². The summed E-state index contributed by atoms with van der Waals surface area (Å²) in [5.41, 5.74) is 1.90. The van der Waals surface area contributed by atoms with E-state index >= 15 is 4.39 Å². The van der Waals surface area contributed by atoms with Crippen molar-refractivity contribution in [3.8, 4) is 22.8 Å². The van der Waals surface area contributed by atoms with E-state index in [-0.39, 0.29) is 11.3 Å². The molecule has 2 aliphatic heterocycles. The first-order chi connectivity index (χ1) is 14.4. The van der Waals surface area contributed by atoms with Crippen LogP contribution in [0.15, 0.2) is 48.7 Å². The van der Waals surface area contributed by atoms with Crippen LogP contribution in [0.25, 0.3) is 23.2 Å². The lowest BCUT2D eigenvalue weighted by atomic mass is 9.82. The molecule has 2 fully saturated rings. The normalized spacial score (nSPS) is 29.4. The summed E-state index contributed by atoms with van der Waals surface area (Å²) in [5.74, 6) is 0.363. The summed E-state index contributed by atoms with van der Waals surface area (Å²) >= 11 is 0. The average molecular weight is 406 g/mol. The predicted octanol–water partition coefficient (Wildman–Crippen LogP) is 3.46. The monoisotopic (exact) mass is 406 g/mol. The van der Waals surface area contributed by atoms with Crippen LogP contribution < -0.4 is 5.32 Å². The number of hydrogen-bond acceptors (Lipinski definition) is 6. The molecule has 154 valence electrons. The fourth-order valence-corrected chi connectivity index (χ4v) is 4.69. The van der Waals surface area contributed by atoms with Crippen molar-refractivity contribution in [3.63, 3.8) is 0 Å². The number of rotatable bonds is 3. The number of alkyl halides is 1. The van der Waals surface area contributed by atoms with Crippen LogP contribution in [0.4, 0.5) is 4.39 Å². The maximum Gasteiger partial charge on any atom is 0.185 e. The van der Waals surface area contributed by atoms with Crippen LogP contribution in [0.2, 0.25) is 0 Å². The Morgan fingerprint density at radius 3 is 2.83 bits per heavy atom. The highest BCUT2D eigenvalue weighted by Crippen LogP contribution is 2.46. The summed E-state index contributed by atoms with van der Waals surface area (Å²) in [5, 5.41) is 22.2. The van der Waals surface area contributed by atoms with Crippen molar-refractivity contribution in [1.29, 1.82) is 0 Å². The zero-order chi connectivity index (χ0) is 20.9. The third-order valence-corrected chi connectivity index (χ3v) is 6.20. The zero-order valence-electron chi connectivity index (χ0n) is 16.9. The lowest BCUT2D eigenvalue weighted by Crippen LogP contribution is -2.57. The Labute approximate surface area is 173 Å². The molecule has 2 bridgehead atoms. The van der Waals surface area contributed by atoms with Gasteiger partial charge in [0.15, 0.2) is 5.82 Å². The fourth-order valence-electron chi connectivity index (χ4n) is 4.69. The average Bonchev–Trinajstić information content (AvgIpc) is 3.34. The molecule has 2 N–H and O–H groups in total. The number of hydrogen-bond donors (Lipinski definition) is 2. The van der Waals surface area contributed by atoms with Crippen LogP contribution in [0.1, 0.15) is 38.8 Å².